The summed E-state index contributed by atoms with van der Waals surface area (Å²) in [6, 6.07) is 8.23. The molecular formula is C17H22N4OS. The molecule has 2 amide bonds. The molecular weight excluding hydrogens is 308 g/mol. The number of benzene rings is 1. The van der Waals surface area contributed by atoms with Crippen molar-refractivity contribution in [3.05, 3.63) is 48.5 Å². The molecule has 5 nitrogen and oxygen atoms in total. The average molecular weight is 330 g/mol. The third kappa shape index (κ3) is 4.07. The molecule has 0 radical (unpaired) electrons. The third-order valence-electron chi connectivity index (χ3n) is 4.27. The van der Waals surface area contributed by atoms with Crippen LogP contribution in [0.2, 0.25) is 0 Å². The Kier molecular flexibility index (Phi) is 5.23. The molecule has 1 aromatic carbocycles. The monoisotopic (exact) mass is 330 g/mol. The fourth-order valence-electron chi connectivity index (χ4n) is 3.01. The minimum Gasteiger partial charge on any atom is -0.335 e. The lowest BCUT2D eigenvalue weighted by atomic mass is 10.1. The molecule has 2 aromatic rings. The van der Waals surface area contributed by atoms with Gasteiger partial charge in [0, 0.05) is 30.2 Å². The molecule has 0 unspecified atom stereocenters. The number of hydrogen-bond acceptors (Lipinski definition) is 3. The number of aromatic nitrogens is 2. The van der Waals surface area contributed by atoms with Crippen LogP contribution in [0, 0.1) is 0 Å². The van der Waals surface area contributed by atoms with E-state index in [0.717, 1.165) is 24.1 Å². The van der Waals surface area contributed by atoms with Gasteiger partial charge in [-0.05, 0) is 37.1 Å². The van der Waals surface area contributed by atoms with Crippen molar-refractivity contribution in [2.24, 2.45) is 0 Å². The van der Waals surface area contributed by atoms with Crippen molar-refractivity contribution in [1.82, 2.24) is 20.2 Å². The fraction of sp³-hybridized carbons (Fsp3) is 0.412. The van der Waals surface area contributed by atoms with Crippen molar-refractivity contribution in [1.29, 1.82) is 0 Å². The molecule has 0 bridgehead atoms. The number of hydrogen-bond donors (Lipinski definition) is 2. The van der Waals surface area contributed by atoms with Gasteiger partial charge in [-0.25, -0.2) is 9.78 Å². The van der Waals surface area contributed by atoms with Crippen LogP contribution in [0.5, 0.6) is 0 Å². The molecule has 1 aliphatic rings. The molecule has 122 valence electrons. The molecule has 2 N–H and O–H groups in total. The zero-order valence-electron chi connectivity index (χ0n) is 13.2. The van der Waals surface area contributed by atoms with E-state index in [1.165, 1.54) is 6.42 Å². The number of nitrogens with zero attached hydrogens (tertiary/aromatic N) is 2. The summed E-state index contributed by atoms with van der Waals surface area (Å²) in [6.07, 6.45) is 10.9. The minimum absolute atomic E-state index is 0.0859. The smallest absolute Gasteiger partial charge is 0.315 e. The normalized spacial score (nSPS) is 20.4. The Labute approximate surface area is 140 Å². The van der Waals surface area contributed by atoms with Gasteiger partial charge in [-0.3, -0.25) is 0 Å². The summed E-state index contributed by atoms with van der Waals surface area (Å²) < 4.78 is 1.95. The van der Waals surface area contributed by atoms with Gasteiger partial charge in [-0.2, -0.15) is 11.8 Å². The van der Waals surface area contributed by atoms with E-state index < -0.39 is 0 Å². The van der Waals surface area contributed by atoms with Crippen LogP contribution in [0.15, 0.2) is 43.0 Å². The summed E-state index contributed by atoms with van der Waals surface area (Å²) >= 11 is 1.89. The van der Waals surface area contributed by atoms with Gasteiger partial charge in [0.25, 0.3) is 0 Å². The lowest BCUT2D eigenvalue weighted by Crippen LogP contribution is -2.40. The summed E-state index contributed by atoms with van der Waals surface area (Å²) in [6.45, 7) is 0.499. The second-order valence-electron chi connectivity index (χ2n) is 5.79. The largest absolute Gasteiger partial charge is 0.335 e. The van der Waals surface area contributed by atoms with Gasteiger partial charge < -0.3 is 15.2 Å². The van der Waals surface area contributed by atoms with Crippen molar-refractivity contribution in [2.45, 2.75) is 37.1 Å². The number of para-hydroxylation sites is 1. The molecule has 3 rings (SSSR count). The number of carbonyl (C=O) groups excluding carboxylic acids is 1. The summed E-state index contributed by atoms with van der Waals surface area (Å²) in [7, 11) is 0. The van der Waals surface area contributed by atoms with Gasteiger partial charge >= 0.3 is 6.03 Å². The summed E-state index contributed by atoms with van der Waals surface area (Å²) in [4.78, 5) is 16.2. The highest BCUT2D eigenvalue weighted by molar-refractivity contribution is 7.99. The Hall–Kier alpha value is -1.95. The molecule has 1 heterocycles. The molecule has 0 spiro atoms. The predicted molar refractivity (Wildman–Crippen MR) is 93.9 cm³/mol. The number of imidazole rings is 1. The second-order valence-corrected chi connectivity index (χ2v) is 6.93. The minimum atomic E-state index is -0.0859. The van der Waals surface area contributed by atoms with Crippen LogP contribution in [0.3, 0.4) is 0 Å². The number of urea groups is 1. The number of carbonyl (C=O) groups is 1. The average Bonchev–Trinajstić information content (AvgIpc) is 3.25. The van der Waals surface area contributed by atoms with Crippen LogP contribution < -0.4 is 10.6 Å². The Balaban J connectivity index is 1.56. The Morgan fingerprint density at radius 2 is 2.26 bits per heavy atom. The van der Waals surface area contributed by atoms with Crippen LogP contribution in [-0.2, 0) is 6.54 Å². The van der Waals surface area contributed by atoms with E-state index in [1.807, 2.05) is 46.8 Å². The number of thioether (sulfide) groups is 1. The van der Waals surface area contributed by atoms with E-state index in [9.17, 15) is 4.79 Å². The first-order valence-corrected chi connectivity index (χ1v) is 9.18. The van der Waals surface area contributed by atoms with Crippen molar-refractivity contribution in [3.8, 4) is 5.69 Å². The van der Waals surface area contributed by atoms with Gasteiger partial charge in [-0.1, -0.05) is 18.2 Å². The highest BCUT2D eigenvalue weighted by atomic mass is 32.2. The zero-order chi connectivity index (χ0) is 16.1. The van der Waals surface area contributed by atoms with E-state index in [4.69, 9.17) is 0 Å². The number of nitrogens with one attached hydrogen (secondary N) is 2. The molecule has 2 atom stereocenters. The highest BCUT2D eigenvalue weighted by Gasteiger charge is 2.24. The maximum Gasteiger partial charge on any atom is 0.315 e. The van der Waals surface area contributed by atoms with Crippen LogP contribution in [-0.4, -0.2) is 33.1 Å². The standard InChI is InChI=1S/C17H22N4OS/c1-23-15-7-6-14(10-15)20-17(22)19-11-13-4-2-3-5-16(13)21-9-8-18-12-21/h2-5,8-9,12,14-15H,6-7,10-11H2,1H3,(H2,19,20,22)/t14-,15+/m0/s1. The maximum absolute atomic E-state index is 12.1. The van der Waals surface area contributed by atoms with Crippen LogP contribution in [0.25, 0.3) is 5.69 Å². The van der Waals surface area contributed by atoms with Crippen LogP contribution in [0.1, 0.15) is 24.8 Å². The molecule has 0 aliphatic heterocycles. The summed E-state index contributed by atoms with van der Waals surface area (Å²) in [5, 5.41) is 6.74. The fourth-order valence-corrected chi connectivity index (χ4v) is 3.81. The first-order chi connectivity index (χ1) is 11.3. The van der Waals surface area contributed by atoms with E-state index >= 15 is 0 Å². The van der Waals surface area contributed by atoms with Gasteiger partial charge in [0.2, 0.25) is 0 Å². The molecule has 6 heteroatoms. The van der Waals surface area contributed by atoms with Crippen molar-refractivity contribution in [3.63, 3.8) is 0 Å². The zero-order valence-corrected chi connectivity index (χ0v) is 14.1. The molecule has 1 fully saturated rings. The van der Waals surface area contributed by atoms with E-state index in [2.05, 4.69) is 21.9 Å². The highest BCUT2D eigenvalue weighted by Crippen LogP contribution is 2.28. The SMILES string of the molecule is CS[C@@H]1CC[C@H](NC(=O)NCc2ccccc2-n2ccnc2)C1. The lowest BCUT2D eigenvalue weighted by Gasteiger charge is -2.15. The quantitative estimate of drug-likeness (QED) is 0.886. The van der Waals surface area contributed by atoms with Gasteiger partial charge in [0.1, 0.15) is 0 Å². The Bertz CT molecular complexity index is 644. The topological polar surface area (TPSA) is 59.0 Å². The van der Waals surface area contributed by atoms with E-state index in [1.54, 1.807) is 12.5 Å². The molecule has 1 aliphatic carbocycles. The molecule has 1 aromatic heterocycles. The third-order valence-corrected chi connectivity index (χ3v) is 5.36. The number of amides is 2. The van der Waals surface area contributed by atoms with Gasteiger partial charge in [-0.15, -0.1) is 0 Å². The Morgan fingerprint density at radius 3 is 3.00 bits per heavy atom. The van der Waals surface area contributed by atoms with E-state index in [0.29, 0.717) is 17.8 Å². The first-order valence-electron chi connectivity index (χ1n) is 7.89. The van der Waals surface area contributed by atoms with Crippen molar-refractivity contribution in [2.75, 3.05) is 6.26 Å². The van der Waals surface area contributed by atoms with E-state index in [-0.39, 0.29) is 6.03 Å². The van der Waals surface area contributed by atoms with Gasteiger partial charge in [0.15, 0.2) is 0 Å². The maximum atomic E-state index is 12.1. The lowest BCUT2D eigenvalue weighted by molar-refractivity contribution is 0.236. The molecule has 1 saturated carbocycles. The predicted octanol–water partition coefficient (Wildman–Crippen LogP) is 2.96. The van der Waals surface area contributed by atoms with Crippen molar-refractivity contribution >= 4 is 17.8 Å². The molecule has 0 saturated heterocycles. The van der Waals surface area contributed by atoms with Crippen LogP contribution >= 0.6 is 11.8 Å². The second kappa shape index (κ2) is 7.55. The Morgan fingerprint density at radius 1 is 1.39 bits per heavy atom. The summed E-state index contributed by atoms with van der Waals surface area (Å²) in [5.74, 6) is 0. The van der Waals surface area contributed by atoms with Crippen LogP contribution in [0.4, 0.5) is 4.79 Å². The summed E-state index contributed by atoms with van der Waals surface area (Å²) in [5.41, 5.74) is 2.10. The first kappa shape index (κ1) is 15.9. The van der Waals surface area contributed by atoms with Crippen molar-refractivity contribution < 1.29 is 4.79 Å². The molecule has 23 heavy (non-hydrogen) atoms. The number of rotatable bonds is 5. The van der Waals surface area contributed by atoms with Gasteiger partial charge in [0.05, 0.1) is 12.0 Å².